The smallest absolute Gasteiger partial charge is 0.312 e. The third-order valence-electron chi connectivity index (χ3n) is 2.55. The van der Waals surface area contributed by atoms with E-state index in [9.17, 15) is 25.4 Å². The van der Waals surface area contributed by atoms with E-state index >= 15 is 0 Å². The lowest BCUT2D eigenvalue weighted by molar-refractivity contribution is -0.386. The van der Waals surface area contributed by atoms with Crippen LogP contribution in [0.3, 0.4) is 0 Å². The van der Waals surface area contributed by atoms with Crippen molar-refractivity contribution < 1.29 is 25.3 Å². The van der Waals surface area contributed by atoms with Gasteiger partial charge in [0.1, 0.15) is 6.10 Å². The fourth-order valence-electron chi connectivity index (χ4n) is 1.57. The second-order valence-corrected chi connectivity index (χ2v) is 3.83. The number of nitriles is 1. The zero-order valence-electron chi connectivity index (χ0n) is 9.72. The SMILES string of the molecule is N#Cc1cc(C(O)C(O)CCO)c(O)c([N+](=O)[O-])c1. The third kappa shape index (κ3) is 3.17. The molecule has 1 rings (SSSR count). The Morgan fingerprint density at radius 1 is 1.42 bits per heavy atom. The molecule has 8 nitrogen and oxygen atoms in total. The lowest BCUT2D eigenvalue weighted by Crippen LogP contribution is -2.20. The van der Waals surface area contributed by atoms with E-state index in [0.29, 0.717) is 0 Å². The molecule has 0 aliphatic carbocycles. The van der Waals surface area contributed by atoms with Crippen molar-refractivity contribution in [1.82, 2.24) is 0 Å². The minimum atomic E-state index is -1.64. The number of rotatable bonds is 5. The Bertz CT molecular complexity index is 525. The molecule has 0 fully saturated rings. The average Bonchev–Trinajstić information content (AvgIpc) is 2.38. The molecule has 102 valence electrons. The molecule has 2 atom stereocenters. The van der Waals surface area contributed by atoms with Crippen LogP contribution in [0.5, 0.6) is 5.75 Å². The minimum Gasteiger partial charge on any atom is -0.502 e. The van der Waals surface area contributed by atoms with Gasteiger partial charge in [-0.2, -0.15) is 5.26 Å². The molecule has 2 unspecified atom stereocenters. The van der Waals surface area contributed by atoms with E-state index in [1.807, 2.05) is 0 Å². The normalized spacial score (nSPS) is 13.6. The molecule has 0 saturated carbocycles. The van der Waals surface area contributed by atoms with Crippen molar-refractivity contribution in [2.75, 3.05) is 6.61 Å². The van der Waals surface area contributed by atoms with E-state index in [4.69, 9.17) is 10.4 Å². The lowest BCUT2D eigenvalue weighted by Gasteiger charge is -2.18. The summed E-state index contributed by atoms with van der Waals surface area (Å²) in [6, 6.07) is 3.57. The van der Waals surface area contributed by atoms with Crippen LogP contribution in [-0.4, -0.2) is 38.1 Å². The number of aliphatic hydroxyl groups is 3. The molecule has 0 spiro atoms. The summed E-state index contributed by atoms with van der Waals surface area (Å²) in [7, 11) is 0. The lowest BCUT2D eigenvalue weighted by atomic mass is 9.98. The van der Waals surface area contributed by atoms with Crippen LogP contribution in [0.15, 0.2) is 12.1 Å². The number of hydrogen-bond acceptors (Lipinski definition) is 7. The molecule has 0 aromatic heterocycles. The Balaban J connectivity index is 3.30. The summed E-state index contributed by atoms with van der Waals surface area (Å²) in [6.45, 7) is -0.404. The molecule has 0 radical (unpaired) electrons. The van der Waals surface area contributed by atoms with Gasteiger partial charge in [-0.3, -0.25) is 10.1 Å². The van der Waals surface area contributed by atoms with Crippen LogP contribution < -0.4 is 0 Å². The highest BCUT2D eigenvalue weighted by Gasteiger charge is 2.27. The fraction of sp³-hybridized carbons (Fsp3) is 0.364. The summed E-state index contributed by atoms with van der Waals surface area (Å²) in [5, 5.41) is 57.1. The zero-order chi connectivity index (χ0) is 14.6. The van der Waals surface area contributed by atoms with Gasteiger partial charge in [0.15, 0.2) is 5.75 Å². The van der Waals surface area contributed by atoms with Gasteiger partial charge >= 0.3 is 5.69 Å². The monoisotopic (exact) mass is 268 g/mol. The molecular formula is C11H12N2O6. The van der Waals surface area contributed by atoms with Crippen LogP contribution in [0.2, 0.25) is 0 Å². The highest BCUT2D eigenvalue weighted by molar-refractivity contribution is 5.56. The van der Waals surface area contributed by atoms with Crippen LogP contribution in [0.25, 0.3) is 0 Å². The second kappa shape index (κ2) is 6.10. The van der Waals surface area contributed by atoms with Gasteiger partial charge in [-0.15, -0.1) is 0 Å². The van der Waals surface area contributed by atoms with Gasteiger partial charge in [0.05, 0.1) is 22.7 Å². The van der Waals surface area contributed by atoms with Gasteiger partial charge in [-0.05, 0) is 12.5 Å². The molecule has 0 bridgehead atoms. The molecule has 0 aliphatic heterocycles. The highest BCUT2D eigenvalue weighted by atomic mass is 16.6. The minimum absolute atomic E-state index is 0.130. The fourth-order valence-corrected chi connectivity index (χ4v) is 1.57. The van der Waals surface area contributed by atoms with E-state index in [1.54, 1.807) is 6.07 Å². The first-order chi connectivity index (χ1) is 8.92. The number of aromatic hydroxyl groups is 1. The zero-order valence-corrected chi connectivity index (χ0v) is 9.72. The van der Waals surface area contributed by atoms with Gasteiger partial charge in [0.2, 0.25) is 0 Å². The molecule has 0 amide bonds. The predicted octanol–water partition coefficient (Wildman–Crippen LogP) is -0.0512. The first kappa shape index (κ1) is 14.8. The number of hydrogen-bond donors (Lipinski definition) is 4. The van der Waals surface area contributed by atoms with Crippen LogP contribution in [0, 0.1) is 21.4 Å². The summed E-state index contributed by atoms with van der Waals surface area (Å²) >= 11 is 0. The second-order valence-electron chi connectivity index (χ2n) is 3.83. The summed E-state index contributed by atoms with van der Waals surface area (Å²) in [4.78, 5) is 9.81. The summed E-state index contributed by atoms with van der Waals surface area (Å²) in [5.74, 6) is -0.812. The summed E-state index contributed by atoms with van der Waals surface area (Å²) < 4.78 is 0. The van der Waals surface area contributed by atoms with Gasteiger partial charge in [0.25, 0.3) is 0 Å². The van der Waals surface area contributed by atoms with E-state index in [1.165, 1.54) is 0 Å². The van der Waals surface area contributed by atoms with Gasteiger partial charge < -0.3 is 20.4 Å². The standard InChI is InChI=1S/C11H12N2O6/c12-5-6-3-7(11(17)9(15)1-2-14)10(16)8(4-6)13(18)19/h3-4,9,11,14-17H,1-2H2. The average molecular weight is 268 g/mol. The number of nitrogens with zero attached hydrogens (tertiary/aromatic N) is 2. The maximum absolute atomic E-state index is 10.7. The highest BCUT2D eigenvalue weighted by Crippen LogP contribution is 2.36. The van der Waals surface area contributed by atoms with E-state index < -0.39 is 35.2 Å². The van der Waals surface area contributed by atoms with E-state index in [-0.39, 0.29) is 17.5 Å². The number of phenols is 1. The van der Waals surface area contributed by atoms with Crippen molar-refractivity contribution in [2.24, 2.45) is 0 Å². The van der Waals surface area contributed by atoms with Crippen molar-refractivity contribution in [3.05, 3.63) is 33.4 Å². The van der Waals surface area contributed by atoms with Gasteiger partial charge in [0, 0.05) is 18.2 Å². The largest absolute Gasteiger partial charge is 0.502 e. The molecular weight excluding hydrogens is 256 g/mol. The van der Waals surface area contributed by atoms with Gasteiger partial charge in [-0.25, -0.2) is 0 Å². The predicted molar refractivity (Wildman–Crippen MR) is 62.1 cm³/mol. The quantitative estimate of drug-likeness (QED) is 0.432. The Morgan fingerprint density at radius 3 is 2.53 bits per heavy atom. The number of nitro groups is 1. The van der Waals surface area contributed by atoms with Crippen molar-refractivity contribution in [1.29, 1.82) is 5.26 Å². The molecule has 0 aliphatic rings. The molecule has 19 heavy (non-hydrogen) atoms. The van der Waals surface area contributed by atoms with E-state index in [2.05, 4.69) is 0 Å². The van der Waals surface area contributed by atoms with Gasteiger partial charge in [-0.1, -0.05) is 0 Å². The van der Waals surface area contributed by atoms with Crippen LogP contribution in [0.4, 0.5) is 5.69 Å². The van der Waals surface area contributed by atoms with Crippen LogP contribution >= 0.6 is 0 Å². The first-order valence-electron chi connectivity index (χ1n) is 5.30. The molecule has 8 heteroatoms. The van der Waals surface area contributed by atoms with E-state index in [0.717, 1.165) is 12.1 Å². The van der Waals surface area contributed by atoms with Crippen molar-refractivity contribution in [3.8, 4) is 11.8 Å². The van der Waals surface area contributed by atoms with Crippen molar-refractivity contribution >= 4 is 5.69 Å². The maximum atomic E-state index is 10.7. The Labute approximate surface area is 107 Å². The third-order valence-corrected chi connectivity index (χ3v) is 2.55. The Hall–Kier alpha value is -2.21. The molecule has 1 aromatic rings. The number of phenolic OH excluding ortho intramolecular Hbond substituents is 1. The molecule has 1 aromatic carbocycles. The summed E-state index contributed by atoms with van der Waals surface area (Å²) in [5.41, 5.74) is -1.19. The molecule has 0 saturated heterocycles. The van der Waals surface area contributed by atoms with Crippen molar-refractivity contribution in [3.63, 3.8) is 0 Å². The number of benzene rings is 1. The maximum Gasteiger partial charge on any atom is 0.312 e. The Kier molecular flexibility index (Phi) is 4.77. The molecule has 4 N–H and O–H groups in total. The number of nitro benzene ring substituents is 1. The van der Waals surface area contributed by atoms with Crippen LogP contribution in [0.1, 0.15) is 23.7 Å². The van der Waals surface area contributed by atoms with Crippen molar-refractivity contribution in [2.45, 2.75) is 18.6 Å². The number of aliphatic hydroxyl groups excluding tert-OH is 3. The topological polar surface area (TPSA) is 148 Å². The molecule has 0 heterocycles. The van der Waals surface area contributed by atoms with Crippen LogP contribution in [-0.2, 0) is 0 Å². The first-order valence-corrected chi connectivity index (χ1v) is 5.30. The Morgan fingerprint density at radius 2 is 2.05 bits per heavy atom. The summed E-state index contributed by atoms with van der Waals surface area (Å²) in [6.07, 6.45) is -3.23.